The van der Waals surface area contributed by atoms with Gasteiger partial charge in [-0.1, -0.05) is 0 Å². The molecule has 20 atom stereocenters. The molecular formula is C24H38O19. The van der Waals surface area contributed by atoms with E-state index in [-0.39, 0.29) is 13.2 Å². The predicted octanol–water partition coefficient (Wildman–Crippen LogP) is -7.66. The van der Waals surface area contributed by atoms with Gasteiger partial charge in [0.1, 0.15) is 97.7 Å². The predicted molar refractivity (Wildman–Crippen MR) is 127 cm³/mol. The molecule has 6 fully saturated rings. The van der Waals surface area contributed by atoms with Crippen LogP contribution in [0.5, 0.6) is 0 Å². The summed E-state index contributed by atoms with van der Waals surface area (Å²) in [4.78, 5) is 0. The van der Waals surface area contributed by atoms with E-state index in [1.54, 1.807) is 0 Å². The largest absolute Gasteiger partial charge is 0.394 e. The van der Waals surface area contributed by atoms with Crippen molar-refractivity contribution in [2.45, 2.75) is 123 Å². The highest BCUT2D eigenvalue weighted by Gasteiger charge is 2.58. The molecule has 0 spiro atoms. The van der Waals surface area contributed by atoms with Crippen LogP contribution in [0.3, 0.4) is 0 Å². The molecule has 6 aliphatic heterocycles. The van der Waals surface area contributed by atoms with E-state index in [0.29, 0.717) is 0 Å². The number of hydrogen-bond acceptors (Lipinski definition) is 19. The standard InChI is InChI=1S/C24H38O19/c25-1-5-9(27)18(12(30)21(34)37-5)42-24-15(33)20-16(8(40-24)4-36-20)41-23-14(32)19(10(28)6(2-26)38-23)43-22-13(31)17-11(29)7(39-22)3-35-17/h5-34H,1-4H2/t5-,6-,7+,8+,9+,10+,11-,12-,13-,14-,15-,16-,17-,18?,19+,20+,21?,22+,23+,24+/m1/s1. The summed E-state index contributed by atoms with van der Waals surface area (Å²) < 4.78 is 50.0. The number of aliphatic hydroxyl groups excluding tert-OH is 10. The third-order valence-electron chi connectivity index (χ3n) is 8.70. The topological polar surface area (TPSA) is 285 Å². The molecule has 4 bridgehead atoms. The number of fused-ring (bicyclic) bond motifs is 4. The number of ether oxygens (including phenoxy) is 9. The van der Waals surface area contributed by atoms with Gasteiger partial charge in [0, 0.05) is 0 Å². The van der Waals surface area contributed by atoms with Crippen LogP contribution >= 0.6 is 0 Å². The monoisotopic (exact) mass is 630 g/mol. The SMILES string of the molecule is OC[C@H]1O[C@@H](O[C@H]2[C@H]3OC[C@@H]2O[C@@H](OC2[C@@H](O)C(O)O[C@H](CO)[C@@H]2O)[C@@H]3O)[C@H](O)[C@@H](O[C@@H]2O[C@H]3CO[C@@H]([C@H]2O)[C@@H]3O)[C@H]1O. The van der Waals surface area contributed by atoms with Crippen LogP contribution < -0.4 is 0 Å². The molecule has 19 nitrogen and oxygen atoms in total. The van der Waals surface area contributed by atoms with Crippen molar-refractivity contribution in [3.8, 4) is 0 Å². The van der Waals surface area contributed by atoms with E-state index in [4.69, 9.17) is 42.6 Å². The molecule has 0 amide bonds. The van der Waals surface area contributed by atoms with Gasteiger partial charge < -0.3 is 93.7 Å². The van der Waals surface area contributed by atoms with Crippen molar-refractivity contribution in [1.82, 2.24) is 0 Å². The molecular weight excluding hydrogens is 592 g/mol. The minimum Gasteiger partial charge on any atom is -0.394 e. The summed E-state index contributed by atoms with van der Waals surface area (Å²) in [5.74, 6) is 0. The molecule has 6 heterocycles. The highest BCUT2D eigenvalue weighted by molar-refractivity contribution is 5.01. The summed E-state index contributed by atoms with van der Waals surface area (Å²) in [6, 6.07) is 0. The van der Waals surface area contributed by atoms with E-state index in [0.717, 1.165) is 0 Å². The third kappa shape index (κ3) is 5.73. The van der Waals surface area contributed by atoms with Gasteiger partial charge in [0.15, 0.2) is 25.2 Å². The minimum absolute atomic E-state index is 0.000819. The van der Waals surface area contributed by atoms with Crippen molar-refractivity contribution in [3.05, 3.63) is 0 Å². The van der Waals surface area contributed by atoms with Crippen LogP contribution in [0.4, 0.5) is 0 Å². The molecule has 6 saturated heterocycles. The normalized spacial score (nSPS) is 56.8. The maximum Gasteiger partial charge on any atom is 0.187 e. The Morgan fingerprint density at radius 1 is 0.465 bits per heavy atom. The van der Waals surface area contributed by atoms with Crippen LogP contribution in [-0.4, -0.2) is 200 Å². The Bertz CT molecular complexity index is 946. The third-order valence-corrected chi connectivity index (χ3v) is 8.70. The minimum atomic E-state index is -1.79. The molecule has 0 aromatic carbocycles. The van der Waals surface area contributed by atoms with Gasteiger partial charge in [-0.25, -0.2) is 0 Å². The summed E-state index contributed by atoms with van der Waals surface area (Å²) in [6.07, 6.45) is -27.7. The summed E-state index contributed by atoms with van der Waals surface area (Å²) in [5, 5.41) is 103. The van der Waals surface area contributed by atoms with E-state index in [1.807, 2.05) is 0 Å². The second kappa shape index (κ2) is 12.8. The fraction of sp³-hybridized carbons (Fsp3) is 1.00. The highest BCUT2D eigenvalue weighted by atomic mass is 16.8. The molecule has 19 heteroatoms. The van der Waals surface area contributed by atoms with Gasteiger partial charge in [-0.05, 0) is 0 Å². The Balaban J connectivity index is 1.12. The van der Waals surface area contributed by atoms with Crippen molar-refractivity contribution in [2.24, 2.45) is 0 Å². The Morgan fingerprint density at radius 3 is 1.60 bits per heavy atom. The second-order valence-corrected chi connectivity index (χ2v) is 11.4. The highest BCUT2D eigenvalue weighted by Crippen LogP contribution is 2.38. The van der Waals surface area contributed by atoms with E-state index in [9.17, 15) is 51.1 Å². The fourth-order valence-corrected chi connectivity index (χ4v) is 6.28. The molecule has 0 aliphatic carbocycles. The Morgan fingerprint density at radius 2 is 0.953 bits per heavy atom. The molecule has 6 rings (SSSR count). The second-order valence-electron chi connectivity index (χ2n) is 11.4. The zero-order valence-corrected chi connectivity index (χ0v) is 22.5. The molecule has 2 unspecified atom stereocenters. The lowest BCUT2D eigenvalue weighted by Crippen LogP contribution is -2.65. The van der Waals surface area contributed by atoms with Crippen molar-refractivity contribution in [2.75, 3.05) is 26.4 Å². The lowest BCUT2D eigenvalue weighted by Gasteiger charge is -2.47. The number of aliphatic hydroxyl groups is 10. The molecule has 6 aliphatic rings. The number of rotatable bonds is 8. The Labute approximate surface area is 243 Å². The first-order valence-corrected chi connectivity index (χ1v) is 14.0. The average molecular weight is 631 g/mol. The van der Waals surface area contributed by atoms with Crippen molar-refractivity contribution in [3.63, 3.8) is 0 Å². The van der Waals surface area contributed by atoms with Gasteiger partial charge in [-0.3, -0.25) is 0 Å². The van der Waals surface area contributed by atoms with E-state index in [2.05, 4.69) is 0 Å². The van der Waals surface area contributed by atoms with Crippen LogP contribution in [0, 0.1) is 0 Å². The summed E-state index contributed by atoms with van der Waals surface area (Å²) in [5.41, 5.74) is 0. The molecule has 0 radical (unpaired) electrons. The summed E-state index contributed by atoms with van der Waals surface area (Å²) in [6.45, 7) is -1.52. The summed E-state index contributed by atoms with van der Waals surface area (Å²) >= 11 is 0. The van der Waals surface area contributed by atoms with Crippen molar-refractivity contribution < 1.29 is 93.7 Å². The zero-order chi connectivity index (χ0) is 30.7. The fourth-order valence-electron chi connectivity index (χ4n) is 6.28. The smallest absolute Gasteiger partial charge is 0.187 e. The van der Waals surface area contributed by atoms with Crippen molar-refractivity contribution >= 4 is 0 Å². The lowest BCUT2D eigenvalue weighted by molar-refractivity contribution is -0.372. The van der Waals surface area contributed by atoms with Gasteiger partial charge >= 0.3 is 0 Å². The van der Waals surface area contributed by atoms with Crippen molar-refractivity contribution in [1.29, 1.82) is 0 Å². The maximum absolute atomic E-state index is 11.1. The first-order valence-electron chi connectivity index (χ1n) is 14.0. The molecule has 10 N–H and O–H groups in total. The van der Waals surface area contributed by atoms with E-state index in [1.165, 1.54) is 0 Å². The van der Waals surface area contributed by atoms with Crippen LogP contribution in [0.15, 0.2) is 0 Å². The quantitative estimate of drug-likeness (QED) is 0.119. The summed E-state index contributed by atoms with van der Waals surface area (Å²) in [7, 11) is 0. The van der Waals surface area contributed by atoms with Gasteiger partial charge in [-0.15, -0.1) is 0 Å². The van der Waals surface area contributed by atoms with E-state index < -0.39 is 136 Å². The van der Waals surface area contributed by atoms with Crippen LogP contribution in [0.25, 0.3) is 0 Å². The van der Waals surface area contributed by atoms with Gasteiger partial charge in [0.2, 0.25) is 0 Å². The van der Waals surface area contributed by atoms with Crippen LogP contribution in [0.1, 0.15) is 0 Å². The van der Waals surface area contributed by atoms with Gasteiger partial charge in [-0.2, -0.15) is 0 Å². The van der Waals surface area contributed by atoms with Gasteiger partial charge in [0.25, 0.3) is 0 Å². The zero-order valence-electron chi connectivity index (χ0n) is 22.5. The average Bonchev–Trinajstić information content (AvgIpc) is 3.45. The lowest BCUT2D eigenvalue weighted by atomic mass is 9.96. The molecule has 0 aromatic heterocycles. The molecule has 0 saturated carbocycles. The molecule has 43 heavy (non-hydrogen) atoms. The molecule has 248 valence electrons. The van der Waals surface area contributed by atoms with Crippen LogP contribution in [0.2, 0.25) is 0 Å². The van der Waals surface area contributed by atoms with Gasteiger partial charge in [0.05, 0.1) is 26.4 Å². The number of hydrogen-bond donors (Lipinski definition) is 10. The maximum atomic E-state index is 11.1. The Hall–Kier alpha value is -0.760. The van der Waals surface area contributed by atoms with Crippen LogP contribution in [-0.2, 0) is 42.6 Å². The first-order chi connectivity index (χ1) is 20.5. The Kier molecular flexibility index (Phi) is 9.58. The first kappa shape index (κ1) is 32.2. The molecule has 0 aromatic rings. The van der Waals surface area contributed by atoms with E-state index >= 15 is 0 Å².